The Hall–Kier alpha value is -1.63. The maximum atomic E-state index is 11.6. The van der Waals surface area contributed by atoms with Gasteiger partial charge in [0.15, 0.2) is 0 Å². The third-order valence-electron chi connectivity index (χ3n) is 3.54. The van der Waals surface area contributed by atoms with Crippen molar-refractivity contribution < 1.29 is 19.0 Å². The van der Waals surface area contributed by atoms with Crippen LogP contribution in [0.25, 0.3) is 0 Å². The van der Waals surface area contributed by atoms with Gasteiger partial charge in [-0.15, -0.1) is 0 Å². The minimum atomic E-state index is -0.692. The maximum Gasteiger partial charge on any atom is 0.508 e. The number of hydrogen-bond donors (Lipinski definition) is 1. The van der Waals surface area contributed by atoms with Crippen molar-refractivity contribution in [3.63, 3.8) is 0 Å². The molecular weight excluding hydrogens is 284 g/mol. The van der Waals surface area contributed by atoms with E-state index in [1.165, 1.54) is 0 Å². The van der Waals surface area contributed by atoms with E-state index >= 15 is 0 Å². The summed E-state index contributed by atoms with van der Waals surface area (Å²) in [5.74, 6) is 0. The Balaban J connectivity index is 1.71. The summed E-state index contributed by atoms with van der Waals surface area (Å²) in [4.78, 5) is 13.8. The van der Waals surface area contributed by atoms with Crippen LogP contribution >= 0.6 is 0 Å². The fourth-order valence-corrected chi connectivity index (χ4v) is 2.33. The summed E-state index contributed by atoms with van der Waals surface area (Å²) in [5.41, 5.74) is 6.78. The molecule has 6 heteroatoms. The second-order valence-corrected chi connectivity index (χ2v) is 5.68. The Morgan fingerprint density at radius 3 is 2.73 bits per heavy atom. The third-order valence-corrected chi connectivity index (χ3v) is 3.54. The molecule has 1 aromatic carbocycles. The minimum absolute atomic E-state index is 0.143. The van der Waals surface area contributed by atoms with Crippen LogP contribution in [-0.4, -0.2) is 49.1 Å². The molecule has 0 bridgehead atoms. The lowest BCUT2D eigenvalue weighted by Crippen LogP contribution is -2.54. The molecule has 1 saturated heterocycles. The number of ether oxygens (including phenoxy) is 3. The van der Waals surface area contributed by atoms with Crippen LogP contribution in [0.4, 0.5) is 4.79 Å². The second kappa shape index (κ2) is 8.12. The van der Waals surface area contributed by atoms with Crippen LogP contribution in [0, 0.1) is 0 Å². The van der Waals surface area contributed by atoms with Crippen LogP contribution in [0.15, 0.2) is 30.3 Å². The molecule has 1 aliphatic heterocycles. The number of morpholine rings is 1. The predicted molar refractivity (Wildman–Crippen MR) is 82.1 cm³/mol. The van der Waals surface area contributed by atoms with Crippen molar-refractivity contribution in [3.8, 4) is 0 Å². The zero-order valence-corrected chi connectivity index (χ0v) is 13.1. The zero-order valence-electron chi connectivity index (χ0n) is 13.1. The standard InChI is InChI=1S/C16H24N2O4/c1-12(2)18-8-14(22-15(17)9-18)11-21-16(19)20-10-13-6-4-3-5-7-13/h3-7,12,14-15H,8-11,17H2,1-2H3. The average Bonchev–Trinajstić information content (AvgIpc) is 2.51. The van der Waals surface area contributed by atoms with Gasteiger partial charge < -0.3 is 19.9 Å². The van der Waals surface area contributed by atoms with Crippen molar-refractivity contribution in [2.45, 2.75) is 38.8 Å². The SMILES string of the molecule is CC(C)N1CC(N)OC(COC(=O)OCc2ccccc2)C1. The van der Waals surface area contributed by atoms with E-state index in [2.05, 4.69) is 18.7 Å². The molecule has 1 aromatic rings. The summed E-state index contributed by atoms with van der Waals surface area (Å²) in [6.07, 6.45) is -1.27. The molecule has 2 rings (SSSR count). The highest BCUT2D eigenvalue weighted by atomic mass is 16.7. The Kier molecular flexibility index (Phi) is 6.18. The predicted octanol–water partition coefficient (Wildman–Crippen LogP) is 1.73. The van der Waals surface area contributed by atoms with Crippen LogP contribution in [-0.2, 0) is 20.8 Å². The molecule has 0 aliphatic carbocycles. The number of carbonyl (C=O) groups is 1. The van der Waals surface area contributed by atoms with Gasteiger partial charge in [0.25, 0.3) is 0 Å². The molecule has 1 aliphatic rings. The number of hydrogen-bond acceptors (Lipinski definition) is 6. The van der Waals surface area contributed by atoms with Gasteiger partial charge in [-0.25, -0.2) is 4.79 Å². The lowest BCUT2D eigenvalue weighted by Gasteiger charge is -2.38. The summed E-state index contributed by atoms with van der Waals surface area (Å²) < 4.78 is 15.8. The molecule has 2 unspecified atom stereocenters. The van der Waals surface area contributed by atoms with Crippen LogP contribution in [0.3, 0.4) is 0 Å². The molecule has 0 spiro atoms. The van der Waals surface area contributed by atoms with Gasteiger partial charge in [0, 0.05) is 19.1 Å². The van der Waals surface area contributed by atoms with Crippen molar-refractivity contribution >= 4 is 6.16 Å². The van der Waals surface area contributed by atoms with Crippen LogP contribution in [0.2, 0.25) is 0 Å². The number of benzene rings is 1. The normalized spacial score (nSPS) is 22.5. The van der Waals surface area contributed by atoms with Crippen molar-refractivity contribution in [2.24, 2.45) is 5.73 Å². The summed E-state index contributed by atoms with van der Waals surface area (Å²) in [7, 11) is 0. The van der Waals surface area contributed by atoms with Gasteiger partial charge in [0.2, 0.25) is 0 Å². The first-order chi connectivity index (χ1) is 10.5. The van der Waals surface area contributed by atoms with Gasteiger partial charge in [-0.05, 0) is 19.4 Å². The molecule has 6 nitrogen and oxygen atoms in total. The summed E-state index contributed by atoms with van der Waals surface area (Å²) in [5, 5.41) is 0. The van der Waals surface area contributed by atoms with E-state index in [-0.39, 0.29) is 25.5 Å². The van der Waals surface area contributed by atoms with E-state index in [4.69, 9.17) is 19.9 Å². The van der Waals surface area contributed by atoms with Crippen molar-refractivity contribution in [1.82, 2.24) is 4.90 Å². The number of rotatable bonds is 5. The van der Waals surface area contributed by atoms with Gasteiger partial charge >= 0.3 is 6.16 Å². The van der Waals surface area contributed by atoms with Crippen LogP contribution in [0.5, 0.6) is 0 Å². The molecule has 0 aromatic heterocycles. The van der Waals surface area contributed by atoms with Gasteiger partial charge in [-0.2, -0.15) is 0 Å². The van der Waals surface area contributed by atoms with E-state index in [1.807, 2.05) is 30.3 Å². The molecule has 2 N–H and O–H groups in total. The number of nitrogens with two attached hydrogens (primary N) is 1. The lowest BCUT2D eigenvalue weighted by atomic mass is 10.2. The first-order valence-electron chi connectivity index (χ1n) is 7.53. The van der Waals surface area contributed by atoms with E-state index in [0.717, 1.165) is 5.56 Å². The number of carbonyl (C=O) groups excluding carboxylic acids is 1. The Morgan fingerprint density at radius 2 is 2.05 bits per heavy atom. The Morgan fingerprint density at radius 1 is 1.32 bits per heavy atom. The maximum absolute atomic E-state index is 11.6. The highest BCUT2D eigenvalue weighted by molar-refractivity contribution is 5.59. The summed E-state index contributed by atoms with van der Waals surface area (Å²) in [6.45, 7) is 5.92. The van der Waals surface area contributed by atoms with Crippen molar-refractivity contribution in [1.29, 1.82) is 0 Å². The largest absolute Gasteiger partial charge is 0.508 e. The van der Waals surface area contributed by atoms with Crippen molar-refractivity contribution in [2.75, 3.05) is 19.7 Å². The molecule has 1 fully saturated rings. The zero-order chi connectivity index (χ0) is 15.9. The highest BCUT2D eigenvalue weighted by Crippen LogP contribution is 2.12. The number of nitrogens with zero attached hydrogens (tertiary/aromatic N) is 1. The third kappa shape index (κ3) is 5.29. The van der Waals surface area contributed by atoms with Crippen LogP contribution in [0.1, 0.15) is 19.4 Å². The molecular formula is C16H24N2O4. The quantitative estimate of drug-likeness (QED) is 0.835. The monoisotopic (exact) mass is 308 g/mol. The second-order valence-electron chi connectivity index (χ2n) is 5.68. The van der Waals surface area contributed by atoms with E-state index in [1.54, 1.807) is 0 Å². The fourth-order valence-electron chi connectivity index (χ4n) is 2.33. The molecule has 22 heavy (non-hydrogen) atoms. The smallest absolute Gasteiger partial charge is 0.431 e. The van der Waals surface area contributed by atoms with Gasteiger partial charge in [0.1, 0.15) is 25.5 Å². The molecule has 122 valence electrons. The molecule has 1 heterocycles. The fraction of sp³-hybridized carbons (Fsp3) is 0.562. The first-order valence-corrected chi connectivity index (χ1v) is 7.53. The Bertz CT molecular complexity index is 466. The molecule has 0 amide bonds. The van der Waals surface area contributed by atoms with Crippen LogP contribution < -0.4 is 5.73 Å². The van der Waals surface area contributed by atoms with Gasteiger partial charge in [-0.1, -0.05) is 30.3 Å². The average molecular weight is 308 g/mol. The van der Waals surface area contributed by atoms with Gasteiger partial charge in [-0.3, -0.25) is 4.90 Å². The minimum Gasteiger partial charge on any atom is -0.431 e. The summed E-state index contributed by atoms with van der Waals surface area (Å²) >= 11 is 0. The lowest BCUT2D eigenvalue weighted by molar-refractivity contribution is -0.112. The molecule has 2 atom stereocenters. The topological polar surface area (TPSA) is 74.0 Å². The Labute approximate surface area is 131 Å². The van der Waals surface area contributed by atoms with E-state index in [9.17, 15) is 4.79 Å². The molecule has 0 radical (unpaired) electrons. The summed E-state index contributed by atoms with van der Waals surface area (Å²) in [6, 6.07) is 9.84. The van der Waals surface area contributed by atoms with E-state index in [0.29, 0.717) is 19.1 Å². The molecule has 0 saturated carbocycles. The van der Waals surface area contributed by atoms with Crippen molar-refractivity contribution in [3.05, 3.63) is 35.9 Å². The van der Waals surface area contributed by atoms with E-state index < -0.39 is 6.16 Å². The van der Waals surface area contributed by atoms with Gasteiger partial charge in [0.05, 0.1) is 0 Å². The highest BCUT2D eigenvalue weighted by Gasteiger charge is 2.28. The first kappa shape index (κ1) is 16.7.